The summed E-state index contributed by atoms with van der Waals surface area (Å²) in [6.07, 6.45) is -3.19. The first-order chi connectivity index (χ1) is 10.7. The molecule has 2 rings (SSSR count). The molecule has 1 unspecified atom stereocenters. The number of thiazole rings is 1. The molecule has 2 N–H and O–H groups in total. The SMILES string of the molecule is Cn1cc(-c2nc(C(=O)NC(CC(F)(F)F)C(=O)O)cs2)cn1. The molecule has 1 atom stereocenters. The van der Waals surface area contributed by atoms with E-state index in [1.165, 1.54) is 16.3 Å². The molecule has 2 aromatic rings. The number of carboxylic acids is 1. The number of nitrogens with one attached hydrogen (secondary N) is 1. The monoisotopic (exact) mass is 348 g/mol. The van der Waals surface area contributed by atoms with E-state index in [9.17, 15) is 22.8 Å². The molecule has 7 nitrogen and oxygen atoms in total. The molecule has 0 aliphatic rings. The molecule has 2 aromatic heterocycles. The molecule has 0 saturated carbocycles. The van der Waals surface area contributed by atoms with Gasteiger partial charge in [0.15, 0.2) is 0 Å². The highest BCUT2D eigenvalue weighted by molar-refractivity contribution is 7.13. The average Bonchev–Trinajstić information content (AvgIpc) is 3.04. The zero-order valence-corrected chi connectivity index (χ0v) is 12.5. The Morgan fingerprint density at radius 1 is 1.48 bits per heavy atom. The Kier molecular flexibility index (Phi) is 4.68. The second-order valence-electron chi connectivity index (χ2n) is 4.62. The number of carboxylic acid groups (broad SMARTS) is 1. The van der Waals surface area contributed by atoms with E-state index in [4.69, 9.17) is 5.11 Å². The van der Waals surface area contributed by atoms with Gasteiger partial charge in [0.25, 0.3) is 5.91 Å². The predicted molar refractivity (Wildman–Crippen MR) is 73.9 cm³/mol. The normalized spacial score (nSPS) is 12.9. The summed E-state index contributed by atoms with van der Waals surface area (Å²) in [5.41, 5.74) is 0.490. The molecule has 0 aromatic carbocycles. The number of carbonyl (C=O) groups excluding carboxylic acids is 1. The van der Waals surface area contributed by atoms with Gasteiger partial charge in [-0.15, -0.1) is 11.3 Å². The van der Waals surface area contributed by atoms with Crippen LogP contribution < -0.4 is 5.32 Å². The van der Waals surface area contributed by atoms with E-state index in [1.54, 1.807) is 13.2 Å². The maximum atomic E-state index is 12.3. The Hall–Kier alpha value is -2.43. The highest BCUT2D eigenvalue weighted by atomic mass is 32.1. The average molecular weight is 348 g/mol. The topological polar surface area (TPSA) is 97.1 Å². The van der Waals surface area contributed by atoms with Crippen LogP contribution in [-0.2, 0) is 11.8 Å². The second-order valence-corrected chi connectivity index (χ2v) is 5.48. The lowest BCUT2D eigenvalue weighted by Crippen LogP contribution is -2.43. The highest BCUT2D eigenvalue weighted by Crippen LogP contribution is 2.24. The Morgan fingerprint density at radius 2 is 2.17 bits per heavy atom. The Balaban J connectivity index is 2.11. The van der Waals surface area contributed by atoms with E-state index in [0.29, 0.717) is 10.6 Å². The van der Waals surface area contributed by atoms with Gasteiger partial charge in [-0.2, -0.15) is 18.3 Å². The summed E-state index contributed by atoms with van der Waals surface area (Å²) in [4.78, 5) is 26.7. The van der Waals surface area contributed by atoms with Gasteiger partial charge in [-0.05, 0) is 0 Å². The summed E-state index contributed by atoms with van der Waals surface area (Å²) >= 11 is 1.10. The number of halogens is 3. The van der Waals surface area contributed by atoms with Gasteiger partial charge in [-0.25, -0.2) is 9.78 Å². The maximum absolute atomic E-state index is 12.3. The number of rotatable bonds is 5. The summed E-state index contributed by atoms with van der Waals surface area (Å²) in [6.45, 7) is 0. The minimum absolute atomic E-state index is 0.151. The van der Waals surface area contributed by atoms with Crippen molar-refractivity contribution in [3.05, 3.63) is 23.5 Å². The molecule has 0 aliphatic carbocycles. The van der Waals surface area contributed by atoms with Crippen molar-refractivity contribution in [1.82, 2.24) is 20.1 Å². The van der Waals surface area contributed by atoms with Crippen LogP contribution in [-0.4, -0.2) is 44.0 Å². The summed E-state index contributed by atoms with van der Waals surface area (Å²) in [5, 5.41) is 16.3. The van der Waals surface area contributed by atoms with Crippen LogP contribution in [0.3, 0.4) is 0 Å². The zero-order valence-electron chi connectivity index (χ0n) is 11.7. The second kappa shape index (κ2) is 6.36. The van der Waals surface area contributed by atoms with Gasteiger partial charge in [0.2, 0.25) is 0 Å². The number of hydrogen-bond donors (Lipinski definition) is 2. The minimum atomic E-state index is -4.71. The van der Waals surface area contributed by atoms with Crippen LogP contribution in [0.15, 0.2) is 17.8 Å². The number of alkyl halides is 3. The van der Waals surface area contributed by atoms with E-state index >= 15 is 0 Å². The van der Waals surface area contributed by atoms with Gasteiger partial charge in [0.1, 0.15) is 16.7 Å². The molecule has 0 bridgehead atoms. The fourth-order valence-electron chi connectivity index (χ4n) is 1.71. The smallest absolute Gasteiger partial charge is 0.391 e. The molecule has 0 fully saturated rings. The number of aryl methyl sites for hydroxylation is 1. The third-order valence-corrected chi connectivity index (χ3v) is 3.62. The van der Waals surface area contributed by atoms with E-state index in [-0.39, 0.29) is 5.69 Å². The fraction of sp³-hybridized carbons (Fsp3) is 0.333. The lowest BCUT2D eigenvalue weighted by atomic mass is 10.2. The largest absolute Gasteiger partial charge is 0.480 e. The minimum Gasteiger partial charge on any atom is -0.480 e. The number of carbonyl (C=O) groups is 2. The van der Waals surface area contributed by atoms with Crippen LogP contribution in [0.25, 0.3) is 10.6 Å². The van der Waals surface area contributed by atoms with Crippen molar-refractivity contribution < 1.29 is 27.9 Å². The van der Waals surface area contributed by atoms with Crippen LogP contribution in [0.4, 0.5) is 13.2 Å². The van der Waals surface area contributed by atoms with E-state index in [0.717, 1.165) is 11.3 Å². The third-order valence-electron chi connectivity index (χ3n) is 2.73. The van der Waals surface area contributed by atoms with E-state index in [2.05, 4.69) is 10.1 Å². The third kappa shape index (κ3) is 4.52. The predicted octanol–water partition coefficient (Wildman–Crippen LogP) is 1.68. The first-order valence-corrected chi connectivity index (χ1v) is 7.08. The summed E-state index contributed by atoms with van der Waals surface area (Å²) in [6, 6.07) is -2.06. The molecule has 0 radical (unpaired) electrons. The number of hydrogen-bond acceptors (Lipinski definition) is 5. The number of nitrogens with zero attached hydrogens (tertiary/aromatic N) is 3. The van der Waals surface area contributed by atoms with Gasteiger partial charge in [0, 0.05) is 24.2 Å². The standard InChI is InChI=1S/C12H11F3N4O3S/c1-19-4-6(3-16-19)10-18-8(5-23-10)9(20)17-7(11(21)22)2-12(13,14)15/h3-5,7H,2H2,1H3,(H,17,20)(H,21,22). The van der Waals surface area contributed by atoms with Crippen molar-refractivity contribution >= 4 is 23.2 Å². The van der Waals surface area contributed by atoms with Gasteiger partial charge in [-0.3, -0.25) is 9.48 Å². The van der Waals surface area contributed by atoms with Crippen molar-refractivity contribution in [2.24, 2.45) is 7.05 Å². The van der Waals surface area contributed by atoms with Gasteiger partial charge < -0.3 is 10.4 Å². The first kappa shape index (κ1) is 16.9. The summed E-state index contributed by atoms with van der Waals surface area (Å²) in [7, 11) is 1.69. The summed E-state index contributed by atoms with van der Waals surface area (Å²) in [5.74, 6) is -2.74. The van der Waals surface area contributed by atoms with Gasteiger partial charge >= 0.3 is 12.1 Å². The van der Waals surface area contributed by atoms with Crippen LogP contribution in [0, 0.1) is 0 Å². The molecule has 1 amide bonds. The molecule has 0 spiro atoms. The van der Waals surface area contributed by atoms with Crippen molar-refractivity contribution in [3.63, 3.8) is 0 Å². The Morgan fingerprint density at radius 3 is 2.70 bits per heavy atom. The fourth-order valence-corrected chi connectivity index (χ4v) is 2.48. The van der Waals surface area contributed by atoms with Gasteiger partial charge in [-0.1, -0.05) is 0 Å². The molecule has 11 heteroatoms. The first-order valence-electron chi connectivity index (χ1n) is 6.20. The van der Waals surface area contributed by atoms with Crippen molar-refractivity contribution in [2.75, 3.05) is 0 Å². The van der Waals surface area contributed by atoms with Gasteiger partial charge in [0.05, 0.1) is 12.6 Å². The highest BCUT2D eigenvalue weighted by Gasteiger charge is 2.36. The molecule has 124 valence electrons. The molecule has 2 heterocycles. The molecular formula is C12H11F3N4O3S. The van der Waals surface area contributed by atoms with Crippen LogP contribution in [0.2, 0.25) is 0 Å². The van der Waals surface area contributed by atoms with Crippen LogP contribution in [0.5, 0.6) is 0 Å². The van der Waals surface area contributed by atoms with Crippen LogP contribution in [0.1, 0.15) is 16.9 Å². The number of aliphatic carboxylic acids is 1. The Labute approximate surface area is 131 Å². The molecule has 23 heavy (non-hydrogen) atoms. The Bertz CT molecular complexity index is 725. The molecule has 0 saturated heterocycles. The molecular weight excluding hydrogens is 337 g/mol. The lowest BCUT2D eigenvalue weighted by molar-refractivity contribution is -0.157. The molecule has 0 aliphatic heterocycles. The lowest BCUT2D eigenvalue weighted by Gasteiger charge is -2.15. The van der Waals surface area contributed by atoms with E-state index in [1.807, 2.05) is 5.32 Å². The van der Waals surface area contributed by atoms with E-state index < -0.39 is 30.5 Å². The van der Waals surface area contributed by atoms with Crippen molar-refractivity contribution in [1.29, 1.82) is 0 Å². The van der Waals surface area contributed by atoms with Crippen molar-refractivity contribution in [2.45, 2.75) is 18.6 Å². The summed E-state index contributed by atoms with van der Waals surface area (Å²) < 4.78 is 38.5. The van der Waals surface area contributed by atoms with Crippen molar-refractivity contribution in [3.8, 4) is 10.6 Å². The number of aromatic nitrogens is 3. The van der Waals surface area contributed by atoms with Crippen LogP contribution >= 0.6 is 11.3 Å². The number of amides is 1. The maximum Gasteiger partial charge on any atom is 0.391 e. The quantitative estimate of drug-likeness (QED) is 0.857. The zero-order chi connectivity index (χ0) is 17.2.